The van der Waals surface area contributed by atoms with Crippen molar-refractivity contribution in [3.63, 3.8) is 0 Å². The minimum absolute atomic E-state index is 0.0865. The van der Waals surface area contributed by atoms with E-state index in [9.17, 15) is 35.9 Å². The Morgan fingerprint density at radius 1 is 0.889 bits per heavy atom. The normalized spacial score (nSPS) is 11.8. The van der Waals surface area contributed by atoms with E-state index in [4.69, 9.17) is 0 Å². The van der Waals surface area contributed by atoms with Crippen LogP contribution in [0.25, 0.3) is 0 Å². The predicted octanol–water partition coefficient (Wildman–Crippen LogP) is 3.37. The predicted molar refractivity (Wildman–Crippen MR) is 81.2 cm³/mol. The van der Waals surface area contributed by atoms with Crippen LogP contribution in [0.15, 0.2) is 42.6 Å². The average Bonchev–Trinajstić information content (AvgIpc) is 2.58. The molecule has 0 unspecified atom stereocenters. The summed E-state index contributed by atoms with van der Waals surface area (Å²) in [4.78, 5) is 27.3. The molecule has 0 atom stereocenters. The molecule has 1 aromatic carbocycles. The lowest BCUT2D eigenvalue weighted by Gasteiger charge is -2.14. The minimum atomic E-state index is -5.07. The Labute approximate surface area is 148 Å². The fourth-order valence-corrected chi connectivity index (χ4v) is 1.97. The summed E-state index contributed by atoms with van der Waals surface area (Å²) in [6, 6.07) is 5.30. The molecule has 0 bridgehead atoms. The van der Waals surface area contributed by atoms with Crippen molar-refractivity contribution in [2.75, 3.05) is 5.32 Å². The van der Waals surface area contributed by atoms with Gasteiger partial charge < -0.3 is 10.6 Å². The van der Waals surface area contributed by atoms with Gasteiger partial charge >= 0.3 is 24.2 Å². The summed E-state index contributed by atoms with van der Waals surface area (Å²) < 4.78 is 76.6. The lowest BCUT2D eigenvalue weighted by Crippen LogP contribution is -2.35. The molecule has 2 amide bonds. The van der Waals surface area contributed by atoms with Crippen LogP contribution in [-0.4, -0.2) is 16.8 Å². The Kier molecular flexibility index (Phi) is 5.72. The molecular weight excluding hydrogens is 380 g/mol. The van der Waals surface area contributed by atoms with E-state index >= 15 is 0 Å². The molecule has 0 aliphatic carbocycles. The number of aromatic nitrogens is 1. The Hall–Kier alpha value is -3.11. The summed E-state index contributed by atoms with van der Waals surface area (Å²) >= 11 is 0. The van der Waals surface area contributed by atoms with Crippen molar-refractivity contribution in [3.05, 3.63) is 59.4 Å². The van der Waals surface area contributed by atoms with Crippen LogP contribution in [0.2, 0.25) is 0 Å². The lowest BCUT2D eigenvalue weighted by molar-refractivity contribution is -0.143. The first kappa shape index (κ1) is 20.2. The SMILES string of the molecule is O=C(NCc1ccccn1)C(=O)Nc1cc(C(F)(F)F)cc(C(F)(F)F)c1. The molecule has 1 heterocycles. The number of alkyl halides is 6. The highest BCUT2D eigenvalue weighted by molar-refractivity contribution is 6.39. The number of carbonyl (C=O) groups is 2. The molecule has 2 N–H and O–H groups in total. The van der Waals surface area contributed by atoms with E-state index in [2.05, 4.69) is 10.3 Å². The van der Waals surface area contributed by atoms with E-state index < -0.39 is 41.0 Å². The van der Waals surface area contributed by atoms with Crippen LogP contribution >= 0.6 is 0 Å². The van der Waals surface area contributed by atoms with Crippen LogP contribution < -0.4 is 10.6 Å². The topological polar surface area (TPSA) is 71.1 Å². The number of anilines is 1. The van der Waals surface area contributed by atoms with Crippen molar-refractivity contribution < 1.29 is 35.9 Å². The molecule has 1 aromatic heterocycles. The van der Waals surface area contributed by atoms with Gasteiger partial charge in [-0.3, -0.25) is 14.6 Å². The molecule has 5 nitrogen and oxygen atoms in total. The number of rotatable bonds is 3. The Balaban J connectivity index is 2.15. The van der Waals surface area contributed by atoms with Crippen LogP contribution in [-0.2, 0) is 28.5 Å². The molecule has 0 aliphatic heterocycles. The average molecular weight is 391 g/mol. The molecule has 144 valence electrons. The Morgan fingerprint density at radius 3 is 1.96 bits per heavy atom. The minimum Gasteiger partial charge on any atom is -0.342 e. The first-order valence-corrected chi connectivity index (χ1v) is 7.25. The van der Waals surface area contributed by atoms with Crippen molar-refractivity contribution >= 4 is 17.5 Å². The van der Waals surface area contributed by atoms with Gasteiger partial charge in [-0.2, -0.15) is 26.3 Å². The summed E-state index contributed by atoms with van der Waals surface area (Å²) in [6.45, 7) is -0.149. The van der Waals surface area contributed by atoms with E-state index in [0.29, 0.717) is 17.8 Å². The van der Waals surface area contributed by atoms with Crippen molar-refractivity contribution in [1.82, 2.24) is 10.3 Å². The van der Waals surface area contributed by atoms with E-state index in [-0.39, 0.29) is 12.6 Å². The van der Waals surface area contributed by atoms with Crippen molar-refractivity contribution in [3.8, 4) is 0 Å². The van der Waals surface area contributed by atoms with Crippen LogP contribution in [0.3, 0.4) is 0 Å². The molecule has 0 saturated carbocycles. The third kappa shape index (κ3) is 5.69. The molecule has 0 fully saturated rings. The molecule has 2 rings (SSSR count). The van der Waals surface area contributed by atoms with Gasteiger partial charge in [-0.25, -0.2) is 0 Å². The first-order valence-electron chi connectivity index (χ1n) is 7.25. The number of hydrogen-bond acceptors (Lipinski definition) is 3. The molecule has 11 heteroatoms. The van der Waals surface area contributed by atoms with E-state index in [1.54, 1.807) is 23.5 Å². The number of pyridine rings is 1. The number of halogens is 6. The van der Waals surface area contributed by atoms with Gasteiger partial charge in [0.25, 0.3) is 0 Å². The number of nitrogens with zero attached hydrogens (tertiary/aromatic N) is 1. The summed E-state index contributed by atoms with van der Waals surface area (Å²) in [6.07, 6.45) is -8.70. The smallest absolute Gasteiger partial charge is 0.342 e. The van der Waals surface area contributed by atoms with Gasteiger partial charge in [0, 0.05) is 11.9 Å². The third-order valence-corrected chi connectivity index (χ3v) is 3.21. The van der Waals surface area contributed by atoms with Gasteiger partial charge in [0.05, 0.1) is 23.4 Å². The monoisotopic (exact) mass is 391 g/mol. The fourth-order valence-electron chi connectivity index (χ4n) is 1.97. The molecule has 2 aromatic rings. The number of hydrogen-bond donors (Lipinski definition) is 2. The highest BCUT2D eigenvalue weighted by Gasteiger charge is 2.37. The highest BCUT2D eigenvalue weighted by Crippen LogP contribution is 2.37. The van der Waals surface area contributed by atoms with Crippen LogP contribution in [0.4, 0.5) is 32.0 Å². The van der Waals surface area contributed by atoms with Gasteiger partial charge in [0.2, 0.25) is 0 Å². The zero-order chi connectivity index (χ0) is 20.2. The van der Waals surface area contributed by atoms with Gasteiger partial charge in [-0.15, -0.1) is 0 Å². The van der Waals surface area contributed by atoms with Crippen LogP contribution in [0.5, 0.6) is 0 Å². The van der Waals surface area contributed by atoms with Crippen molar-refractivity contribution in [1.29, 1.82) is 0 Å². The fraction of sp³-hybridized carbons (Fsp3) is 0.188. The van der Waals surface area contributed by atoms with E-state index in [1.165, 1.54) is 6.20 Å². The van der Waals surface area contributed by atoms with Crippen molar-refractivity contribution in [2.45, 2.75) is 18.9 Å². The number of amides is 2. The Bertz CT molecular complexity index is 802. The van der Waals surface area contributed by atoms with Gasteiger partial charge in [0.1, 0.15) is 0 Å². The van der Waals surface area contributed by atoms with Crippen molar-refractivity contribution in [2.24, 2.45) is 0 Å². The molecule has 0 aliphatic rings. The number of nitrogens with one attached hydrogen (secondary N) is 2. The number of carbonyl (C=O) groups excluding carboxylic acids is 2. The van der Waals surface area contributed by atoms with E-state index in [1.807, 2.05) is 0 Å². The molecular formula is C16H11F6N3O2. The largest absolute Gasteiger partial charge is 0.416 e. The zero-order valence-corrected chi connectivity index (χ0v) is 13.3. The lowest BCUT2D eigenvalue weighted by atomic mass is 10.1. The maximum atomic E-state index is 12.8. The number of benzene rings is 1. The standard InChI is InChI=1S/C16H11F6N3O2/c17-15(18,19)9-5-10(16(20,21)22)7-12(6-9)25-14(27)13(26)24-8-11-3-1-2-4-23-11/h1-7H,8H2,(H,24,26)(H,25,27). The van der Waals surface area contributed by atoms with E-state index in [0.717, 1.165) is 0 Å². The third-order valence-electron chi connectivity index (χ3n) is 3.21. The second kappa shape index (κ2) is 7.64. The molecule has 27 heavy (non-hydrogen) atoms. The maximum Gasteiger partial charge on any atom is 0.416 e. The second-order valence-corrected chi connectivity index (χ2v) is 5.25. The molecule has 0 saturated heterocycles. The highest BCUT2D eigenvalue weighted by atomic mass is 19.4. The van der Waals surface area contributed by atoms with Gasteiger partial charge in [-0.05, 0) is 30.3 Å². The quantitative estimate of drug-likeness (QED) is 0.623. The van der Waals surface area contributed by atoms with Crippen LogP contribution in [0, 0.1) is 0 Å². The maximum absolute atomic E-state index is 12.8. The van der Waals surface area contributed by atoms with Gasteiger partial charge in [0.15, 0.2) is 0 Å². The van der Waals surface area contributed by atoms with Gasteiger partial charge in [-0.1, -0.05) is 6.07 Å². The molecule has 0 radical (unpaired) electrons. The zero-order valence-electron chi connectivity index (χ0n) is 13.3. The summed E-state index contributed by atoms with van der Waals surface area (Å²) in [5.74, 6) is -2.66. The summed E-state index contributed by atoms with van der Waals surface area (Å²) in [7, 11) is 0. The second-order valence-electron chi connectivity index (χ2n) is 5.25. The first-order chi connectivity index (χ1) is 12.5. The Morgan fingerprint density at radius 2 is 1.48 bits per heavy atom. The molecule has 0 spiro atoms. The van der Waals surface area contributed by atoms with Crippen LogP contribution in [0.1, 0.15) is 16.8 Å². The summed E-state index contributed by atoms with van der Waals surface area (Å²) in [5, 5.41) is 3.88. The summed E-state index contributed by atoms with van der Waals surface area (Å²) in [5.41, 5.74) is -3.63.